The normalized spacial score (nSPS) is 14.4. The van der Waals surface area contributed by atoms with Crippen LogP contribution >= 0.6 is 11.8 Å². The van der Waals surface area contributed by atoms with Crippen molar-refractivity contribution < 1.29 is 4.42 Å². The SMILES string of the molecule is c1cncc(CSc2nnc(C3CC3)n2Cc2ccco2)c1. The van der Waals surface area contributed by atoms with Crippen molar-refractivity contribution in [1.29, 1.82) is 0 Å². The lowest BCUT2D eigenvalue weighted by molar-refractivity contribution is 0.478. The molecule has 1 aliphatic rings. The van der Waals surface area contributed by atoms with Crippen molar-refractivity contribution in [2.75, 3.05) is 0 Å². The molecule has 1 saturated carbocycles. The molecule has 0 radical (unpaired) electrons. The van der Waals surface area contributed by atoms with Gasteiger partial charge in [0.2, 0.25) is 0 Å². The largest absolute Gasteiger partial charge is 0.467 e. The van der Waals surface area contributed by atoms with E-state index in [1.165, 1.54) is 18.4 Å². The quantitative estimate of drug-likeness (QED) is 0.652. The minimum absolute atomic E-state index is 0.565. The lowest BCUT2D eigenvalue weighted by Gasteiger charge is -2.08. The van der Waals surface area contributed by atoms with E-state index in [2.05, 4.69) is 25.8 Å². The molecule has 4 rings (SSSR count). The van der Waals surface area contributed by atoms with Crippen molar-refractivity contribution in [1.82, 2.24) is 19.7 Å². The third-order valence-corrected chi connectivity index (χ3v) is 4.71. The Balaban J connectivity index is 1.56. The highest BCUT2D eigenvalue weighted by atomic mass is 32.2. The second-order valence-corrected chi connectivity index (χ2v) is 6.37. The van der Waals surface area contributed by atoms with Crippen molar-refractivity contribution in [2.24, 2.45) is 0 Å². The number of hydrogen-bond acceptors (Lipinski definition) is 5. The number of thioether (sulfide) groups is 1. The Morgan fingerprint density at radius 3 is 2.91 bits per heavy atom. The summed E-state index contributed by atoms with van der Waals surface area (Å²) < 4.78 is 7.68. The van der Waals surface area contributed by atoms with Crippen LogP contribution in [0, 0.1) is 0 Å². The van der Waals surface area contributed by atoms with Crippen LogP contribution in [-0.2, 0) is 12.3 Å². The molecule has 0 saturated heterocycles. The first kappa shape index (κ1) is 13.6. The second-order valence-electron chi connectivity index (χ2n) is 5.43. The molecule has 0 aliphatic heterocycles. The molecule has 5 nitrogen and oxygen atoms in total. The van der Waals surface area contributed by atoms with E-state index in [-0.39, 0.29) is 0 Å². The van der Waals surface area contributed by atoms with E-state index >= 15 is 0 Å². The number of aromatic nitrogens is 4. The monoisotopic (exact) mass is 312 g/mol. The number of furan rings is 1. The van der Waals surface area contributed by atoms with Gasteiger partial charge in [0.25, 0.3) is 0 Å². The first-order valence-corrected chi connectivity index (χ1v) is 8.36. The number of nitrogens with zero attached hydrogens (tertiary/aromatic N) is 4. The van der Waals surface area contributed by atoms with Crippen molar-refractivity contribution in [2.45, 2.75) is 36.2 Å². The van der Waals surface area contributed by atoms with Crippen LogP contribution in [0.1, 0.15) is 35.9 Å². The maximum absolute atomic E-state index is 5.48. The molecule has 22 heavy (non-hydrogen) atoms. The van der Waals surface area contributed by atoms with Crippen molar-refractivity contribution in [3.05, 3.63) is 60.1 Å². The predicted octanol–water partition coefficient (Wildman–Crippen LogP) is 3.48. The van der Waals surface area contributed by atoms with Gasteiger partial charge in [-0.05, 0) is 36.6 Å². The molecule has 3 heterocycles. The molecule has 0 atom stereocenters. The summed E-state index contributed by atoms with van der Waals surface area (Å²) >= 11 is 1.70. The van der Waals surface area contributed by atoms with Gasteiger partial charge in [-0.2, -0.15) is 0 Å². The molecular weight excluding hydrogens is 296 g/mol. The van der Waals surface area contributed by atoms with Gasteiger partial charge in [0.1, 0.15) is 11.6 Å². The van der Waals surface area contributed by atoms with E-state index in [0.29, 0.717) is 12.5 Å². The standard InChI is InChI=1S/C16H16N4OS/c1-3-12(9-17-7-1)11-22-16-19-18-15(13-5-6-13)20(16)10-14-4-2-8-21-14/h1-4,7-9,13H,5-6,10-11H2. The highest BCUT2D eigenvalue weighted by molar-refractivity contribution is 7.98. The third kappa shape index (κ3) is 2.92. The van der Waals surface area contributed by atoms with Crippen LogP contribution in [-0.4, -0.2) is 19.7 Å². The maximum atomic E-state index is 5.48. The smallest absolute Gasteiger partial charge is 0.191 e. The van der Waals surface area contributed by atoms with E-state index in [1.807, 2.05) is 24.4 Å². The lowest BCUT2D eigenvalue weighted by atomic mass is 10.3. The zero-order valence-corrected chi connectivity index (χ0v) is 12.9. The summed E-state index contributed by atoms with van der Waals surface area (Å²) in [6.07, 6.45) is 7.81. The predicted molar refractivity (Wildman–Crippen MR) is 83.6 cm³/mol. The molecule has 0 N–H and O–H groups in total. The average Bonchev–Trinajstić information content (AvgIpc) is 3.12. The van der Waals surface area contributed by atoms with Gasteiger partial charge in [-0.1, -0.05) is 17.8 Å². The minimum Gasteiger partial charge on any atom is -0.467 e. The molecule has 3 aromatic rings. The molecule has 0 unspecified atom stereocenters. The average molecular weight is 312 g/mol. The molecule has 0 amide bonds. The first-order chi connectivity index (χ1) is 10.9. The van der Waals surface area contributed by atoms with E-state index in [4.69, 9.17) is 4.42 Å². The fourth-order valence-electron chi connectivity index (χ4n) is 2.39. The highest BCUT2D eigenvalue weighted by Crippen LogP contribution is 2.40. The topological polar surface area (TPSA) is 56.7 Å². The summed E-state index contributed by atoms with van der Waals surface area (Å²) in [5.41, 5.74) is 1.19. The van der Waals surface area contributed by atoms with Crippen molar-refractivity contribution >= 4 is 11.8 Å². The molecule has 0 bridgehead atoms. The van der Waals surface area contributed by atoms with Gasteiger partial charge in [-0.25, -0.2) is 0 Å². The van der Waals surface area contributed by atoms with Crippen LogP contribution in [0.15, 0.2) is 52.5 Å². The Hall–Kier alpha value is -2.08. The Bertz CT molecular complexity index is 735. The Kier molecular flexibility index (Phi) is 3.68. The van der Waals surface area contributed by atoms with Crippen LogP contribution in [0.25, 0.3) is 0 Å². The minimum atomic E-state index is 0.565. The van der Waals surface area contributed by atoms with Gasteiger partial charge in [-0.15, -0.1) is 10.2 Å². The molecule has 6 heteroatoms. The summed E-state index contributed by atoms with van der Waals surface area (Å²) in [6, 6.07) is 7.94. The van der Waals surface area contributed by atoms with Crippen LogP contribution in [0.5, 0.6) is 0 Å². The van der Waals surface area contributed by atoms with Gasteiger partial charge in [0, 0.05) is 24.1 Å². The molecule has 1 aliphatic carbocycles. The summed E-state index contributed by atoms with van der Waals surface area (Å²) in [6.45, 7) is 0.696. The van der Waals surface area contributed by atoms with Crippen LogP contribution in [0.3, 0.4) is 0 Å². The number of hydrogen-bond donors (Lipinski definition) is 0. The molecular formula is C16H16N4OS. The van der Waals surface area contributed by atoms with Crippen LogP contribution in [0.2, 0.25) is 0 Å². The molecule has 112 valence electrons. The summed E-state index contributed by atoms with van der Waals surface area (Å²) in [4.78, 5) is 4.15. The zero-order chi connectivity index (χ0) is 14.8. The molecule has 3 aromatic heterocycles. The van der Waals surface area contributed by atoms with Gasteiger partial charge in [-0.3, -0.25) is 9.55 Å². The van der Waals surface area contributed by atoms with Crippen molar-refractivity contribution in [3.63, 3.8) is 0 Å². The Labute approximate surface area is 132 Å². The van der Waals surface area contributed by atoms with Crippen LogP contribution in [0.4, 0.5) is 0 Å². The first-order valence-electron chi connectivity index (χ1n) is 7.37. The fourth-order valence-corrected chi connectivity index (χ4v) is 3.27. The number of pyridine rings is 1. The second kappa shape index (κ2) is 5.96. The Morgan fingerprint density at radius 2 is 2.18 bits per heavy atom. The molecule has 0 aromatic carbocycles. The zero-order valence-electron chi connectivity index (χ0n) is 12.1. The van der Waals surface area contributed by atoms with Gasteiger partial charge in [0.05, 0.1) is 12.8 Å². The fraction of sp³-hybridized carbons (Fsp3) is 0.312. The van der Waals surface area contributed by atoms with Crippen molar-refractivity contribution in [3.8, 4) is 0 Å². The number of rotatable bonds is 6. The van der Waals surface area contributed by atoms with Gasteiger partial charge < -0.3 is 4.42 Å². The van der Waals surface area contributed by atoms with Crippen LogP contribution < -0.4 is 0 Å². The summed E-state index contributed by atoms with van der Waals surface area (Å²) in [5.74, 6) is 3.43. The van der Waals surface area contributed by atoms with Gasteiger partial charge >= 0.3 is 0 Å². The van der Waals surface area contributed by atoms with E-state index < -0.39 is 0 Å². The maximum Gasteiger partial charge on any atom is 0.191 e. The van der Waals surface area contributed by atoms with E-state index in [9.17, 15) is 0 Å². The van der Waals surface area contributed by atoms with E-state index in [0.717, 1.165) is 22.5 Å². The highest BCUT2D eigenvalue weighted by Gasteiger charge is 2.30. The van der Waals surface area contributed by atoms with E-state index in [1.54, 1.807) is 24.2 Å². The molecule has 0 spiro atoms. The summed E-state index contributed by atoms with van der Waals surface area (Å²) in [5, 5.41) is 9.74. The lowest BCUT2D eigenvalue weighted by Crippen LogP contribution is -2.05. The summed E-state index contributed by atoms with van der Waals surface area (Å²) in [7, 11) is 0. The molecule has 1 fully saturated rings. The third-order valence-electron chi connectivity index (χ3n) is 3.67. The Morgan fingerprint density at radius 1 is 1.23 bits per heavy atom. The van der Waals surface area contributed by atoms with Gasteiger partial charge in [0.15, 0.2) is 5.16 Å².